The Morgan fingerprint density at radius 1 is 0.947 bits per heavy atom. The molecule has 1 aliphatic carbocycles. The summed E-state index contributed by atoms with van der Waals surface area (Å²) in [5, 5.41) is 19.9. The predicted molar refractivity (Wildman–Crippen MR) is 149 cm³/mol. The maximum absolute atomic E-state index is 9.75. The highest BCUT2D eigenvalue weighted by molar-refractivity contribution is 5.98. The van der Waals surface area contributed by atoms with Gasteiger partial charge < -0.3 is 10.8 Å². The average Bonchev–Trinajstić information content (AvgIpc) is 3.58. The van der Waals surface area contributed by atoms with Crippen LogP contribution in [0.4, 0.5) is 0 Å². The van der Waals surface area contributed by atoms with Gasteiger partial charge in [0, 0.05) is 34.3 Å². The Balaban J connectivity index is 1.34. The number of nitrogens with two attached hydrogens (primary N) is 1. The zero-order valence-corrected chi connectivity index (χ0v) is 21.4. The molecule has 1 saturated carbocycles. The maximum Gasteiger partial charge on any atom is 0.170 e. The summed E-state index contributed by atoms with van der Waals surface area (Å²) >= 11 is 0. The second-order valence-electron chi connectivity index (χ2n) is 10.8. The van der Waals surface area contributed by atoms with Crippen LogP contribution in [0.1, 0.15) is 43.5 Å². The van der Waals surface area contributed by atoms with Crippen LogP contribution in [0.25, 0.3) is 38.9 Å². The van der Waals surface area contributed by atoms with Crippen LogP contribution in [0.15, 0.2) is 72.9 Å². The molecule has 7 heteroatoms. The normalized spacial score (nSPS) is 19.3. The van der Waals surface area contributed by atoms with Crippen molar-refractivity contribution in [3.8, 4) is 22.4 Å². The Kier molecular flexibility index (Phi) is 5.73. The molecule has 0 radical (unpaired) electrons. The van der Waals surface area contributed by atoms with Crippen LogP contribution in [-0.2, 0) is 12.1 Å². The lowest BCUT2D eigenvalue weighted by atomic mass is 9.72. The lowest BCUT2D eigenvalue weighted by Crippen LogP contribution is -2.43. The molecule has 0 spiro atoms. The number of nitrogens with zero attached hydrogens (tertiary/aromatic N) is 5. The smallest absolute Gasteiger partial charge is 0.170 e. The van der Waals surface area contributed by atoms with Crippen molar-refractivity contribution in [2.45, 2.75) is 50.2 Å². The molecule has 3 N–H and O–H groups in total. The number of likely N-dealkylation sites (tertiary alicyclic amines) is 1. The van der Waals surface area contributed by atoms with Crippen molar-refractivity contribution >= 4 is 16.6 Å². The highest BCUT2D eigenvalue weighted by atomic mass is 16.3. The minimum absolute atomic E-state index is 0.180. The third-order valence-electron chi connectivity index (χ3n) is 8.56. The summed E-state index contributed by atoms with van der Waals surface area (Å²) in [4.78, 5) is 7.48. The van der Waals surface area contributed by atoms with Crippen LogP contribution >= 0.6 is 0 Å². The van der Waals surface area contributed by atoms with E-state index < -0.39 is 0 Å². The van der Waals surface area contributed by atoms with E-state index in [1.165, 1.54) is 12.0 Å². The number of fused-ring (bicyclic) bond motifs is 3. The summed E-state index contributed by atoms with van der Waals surface area (Å²) in [6.45, 7) is 1.82. The van der Waals surface area contributed by atoms with Gasteiger partial charge in [-0.05, 0) is 61.9 Å². The largest absolute Gasteiger partial charge is 0.395 e. The van der Waals surface area contributed by atoms with Crippen molar-refractivity contribution < 1.29 is 5.11 Å². The molecule has 2 aliphatic rings. The Morgan fingerprint density at radius 2 is 1.76 bits per heavy atom. The quantitative estimate of drug-likeness (QED) is 0.342. The fraction of sp³-hybridized carbons (Fsp3) is 0.323. The first-order valence-electron chi connectivity index (χ1n) is 13.6. The van der Waals surface area contributed by atoms with Gasteiger partial charge in [-0.1, -0.05) is 54.6 Å². The number of hydrogen-bond donors (Lipinski definition) is 2. The van der Waals surface area contributed by atoms with Gasteiger partial charge in [-0.25, -0.2) is 4.98 Å². The van der Waals surface area contributed by atoms with Crippen LogP contribution in [0.5, 0.6) is 0 Å². The molecule has 0 bridgehead atoms. The van der Waals surface area contributed by atoms with Crippen LogP contribution in [-0.4, -0.2) is 48.8 Å². The summed E-state index contributed by atoms with van der Waals surface area (Å²) in [7, 11) is 0. The molecular weight excluding hydrogens is 472 g/mol. The molecule has 3 aromatic heterocycles. The first kappa shape index (κ1) is 23.5. The van der Waals surface area contributed by atoms with Crippen LogP contribution in [0, 0.1) is 0 Å². The van der Waals surface area contributed by atoms with Gasteiger partial charge in [0.2, 0.25) is 0 Å². The monoisotopic (exact) mass is 504 g/mol. The van der Waals surface area contributed by atoms with Gasteiger partial charge in [-0.2, -0.15) is 0 Å². The second-order valence-corrected chi connectivity index (χ2v) is 10.8. The minimum Gasteiger partial charge on any atom is -0.395 e. The molecule has 38 heavy (non-hydrogen) atoms. The van der Waals surface area contributed by atoms with E-state index in [2.05, 4.69) is 80.2 Å². The van der Waals surface area contributed by atoms with E-state index in [-0.39, 0.29) is 18.2 Å². The molecule has 192 valence electrons. The van der Waals surface area contributed by atoms with Crippen LogP contribution in [0.2, 0.25) is 0 Å². The molecule has 1 atom stereocenters. The predicted octanol–water partition coefficient (Wildman–Crippen LogP) is 4.91. The van der Waals surface area contributed by atoms with E-state index in [9.17, 15) is 5.11 Å². The molecule has 7 nitrogen and oxygen atoms in total. The topological polar surface area (TPSA) is 92.6 Å². The Labute approximate surface area is 222 Å². The summed E-state index contributed by atoms with van der Waals surface area (Å²) in [5.74, 6) is 0.884. The zero-order chi connectivity index (χ0) is 25.7. The number of aliphatic hydroxyl groups excluding tert-OH is 1. The molecule has 2 fully saturated rings. The molecule has 5 aromatic rings. The second kappa shape index (κ2) is 9.27. The van der Waals surface area contributed by atoms with E-state index in [1.807, 2.05) is 12.3 Å². The van der Waals surface area contributed by atoms with Gasteiger partial charge in [-0.3, -0.25) is 9.30 Å². The van der Waals surface area contributed by atoms with Crippen molar-refractivity contribution in [1.82, 2.24) is 24.5 Å². The number of benzene rings is 2. The van der Waals surface area contributed by atoms with Gasteiger partial charge in [0.25, 0.3) is 0 Å². The number of aliphatic hydroxyl groups is 1. The number of hydrogen-bond acceptors (Lipinski definition) is 6. The molecule has 7 rings (SSSR count). The highest BCUT2D eigenvalue weighted by Crippen LogP contribution is 2.40. The van der Waals surface area contributed by atoms with Crippen molar-refractivity contribution in [3.05, 3.63) is 84.3 Å². The van der Waals surface area contributed by atoms with Crippen molar-refractivity contribution in [1.29, 1.82) is 0 Å². The van der Waals surface area contributed by atoms with Crippen molar-refractivity contribution in [2.24, 2.45) is 5.73 Å². The third-order valence-corrected chi connectivity index (χ3v) is 8.56. The maximum atomic E-state index is 9.75. The first-order valence-corrected chi connectivity index (χ1v) is 13.6. The standard InChI is InChI=1S/C31H32N6O/c32-31(14-5-15-31)23-11-9-22(10-12-23)29-25(21-6-2-1-3-7-21)18-26-27(33-29)13-17-37-28(34-35-30(26)37)19-36-16-4-8-24(36)20-38/h1-3,6-7,9-13,17-18,24,38H,4-5,8,14-16,19-20,32H2/t24-/m1/s1. The summed E-state index contributed by atoms with van der Waals surface area (Å²) < 4.78 is 2.07. The third kappa shape index (κ3) is 3.89. The molecular formula is C31H32N6O. The number of rotatable bonds is 6. The average molecular weight is 505 g/mol. The SMILES string of the molecule is NC1(c2ccc(-c3nc4ccn5c(CN6CCC[C@@H]6CO)nnc5c4cc3-c3ccccc3)cc2)CCC1. The Bertz CT molecular complexity index is 1610. The van der Waals surface area contributed by atoms with E-state index in [0.29, 0.717) is 6.54 Å². The molecule has 2 aromatic carbocycles. The molecule has 0 amide bonds. The number of pyridine rings is 2. The van der Waals surface area contributed by atoms with Crippen LogP contribution < -0.4 is 5.73 Å². The molecule has 1 aliphatic heterocycles. The van der Waals surface area contributed by atoms with Gasteiger partial charge in [0.05, 0.1) is 24.4 Å². The Hall–Kier alpha value is -3.65. The Morgan fingerprint density at radius 3 is 2.50 bits per heavy atom. The first-order chi connectivity index (χ1) is 18.6. The van der Waals surface area contributed by atoms with E-state index in [1.54, 1.807) is 0 Å². The fourth-order valence-corrected chi connectivity index (χ4v) is 6.11. The van der Waals surface area contributed by atoms with Gasteiger partial charge in [0.1, 0.15) is 0 Å². The highest BCUT2D eigenvalue weighted by Gasteiger charge is 2.34. The van der Waals surface area contributed by atoms with Gasteiger partial charge in [-0.15, -0.1) is 10.2 Å². The van der Waals surface area contributed by atoms with E-state index >= 15 is 0 Å². The lowest BCUT2D eigenvalue weighted by Gasteiger charge is -2.38. The summed E-state index contributed by atoms with van der Waals surface area (Å²) in [5.41, 5.74) is 13.5. The van der Waals surface area contributed by atoms with Crippen LogP contribution in [0.3, 0.4) is 0 Å². The lowest BCUT2D eigenvalue weighted by molar-refractivity contribution is 0.151. The van der Waals surface area contributed by atoms with Gasteiger partial charge >= 0.3 is 0 Å². The molecule has 4 heterocycles. The van der Waals surface area contributed by atoms with E-state index in [4.69, 9.17) is 10.7 Å². The van der Waals surface area contributed by atoms with Crippen molar-refractivity contribution in [3.63, 3.8) is 0 Å². The van der Waals surface area contributed by atoms with Crippen molar-refractivity contribution in [2.75, 3.05) is 13.2 Å². The molecule has 0 unspecified atom stereocenters. The number of aromatic nitrogens is 4. The summed E-state index contributed by atoms with van der Waals surface area (Å²) in [6, 6.07) is 23.5. The summed E-state index contributed by atoms with van der Waals surface area (Å²) in [6.07, 6.45) is 7.44. The van der Waals surface area contributed by atoms with E-state index in [0.717, 1.165) is 77.0 Å². The molecule has 1 saturated heterocycles. The fourth-order valence-electron chi connectivity index (χ4n) is 6.11. The zero-order valence-electron chi connectivity index (χ0n) is 21.4. The van der Waals surface area contributed by atoms with Gasteiger partial charge in [0.15, 0.2) is 11.5 Å². The minimum atomic E-state index is -0.180.